The van der Waals surface area contributed by atoms with E-state index in [9.17, 15) is 4.79 Å². The number of hydrogen-bond donors (Lipinski definition) is 1. The summed E-state index contributed by atoms with van der Waals surface area (Å²) in [6.45, 7) is 2.06. The zero-order valence-corrected chi connectivity index (χ0v) is 17.8. The van der Waals surface area contributed by atoms with E-state index in [0.29, 0.717) is 35.2 Å². The Labute approximate surface area is 172 Å². The van der Waals surface area contributed by atoms with Crippen LogP contribution in [0, 0.1) is 6.92 Å². The molecule has 0 radical (unpaired) electrons. The predicted molar refractivity (Wildman–Crippen MR) is 113 cm³/mol. The summed E-state index contributed by atoms with van der Waals surface area (Å²) in [5.74, 6) is 1.60. The monoisotopic (exact) mass is 418 g/mol. The molecular formula is C20H22N2O4S2. The lowest BCUT2D eigenvalue weighted by atomic mass is 10.1. The Bertz CT molecular complexity index is 965. The van der Waals surface area contributed by atoms with Gasteiger partial charge in [-0.25, -0.2) is 4.98 Å². The summed E-state index contributed by atoms with van der Waals surface area (Å²) in [5.41, 5.74) is 1.77. The molecule has 0 bridgehead atoms. The number of anilines is 1. The Morgan fingerprint density at radius 1 is 1.07 bits per heavy atom. The third-order valence-corrected chi connectivity index (χ3v) is 5.93. The van der Waals surface area contributed by atoms with Crippen LogP contribution >= 0.6 is 22.7 Å². The van der Waals surface area contributed by atoms with Gasteiger partial charge in [-0.2, -0.15) is 0 Å². The molecule has 2 heterocycles. The molecule has 0 atom stereocenters. The van der Waals surface area contributed by atoms with Crippen LogP contribution in [-0.2, 0) is 11.2 Å². The van der Waals surface area contributed by atoms with E-state index in [2.05, 4.69) is 23.3 Å². The number of nitrogens with zero attached hydrogens (tertiary/aromatic N) is 1. The van der Waals surface area contributed by atoms with Gasteiger partial charge in [-0.3, -0.25) is 4.79 Å². The zero-order valence-electron chi connectivity index (χ0n) is 16.2. The highest BCUT2D eigenvalue weighted by molar-refractivity contribution is 7.17. The largest absolute Gasteiger partial charge is 0.493 e. The van der Waals surface area contributed by atoms with E-state index in [1.807, 2.05) is 23.6 Å². The number of thiophene rings is 1. The maximum Gasteiger partial charge on any atom is 0.226 e. The maximum atomic E-state index is 12.4. The number of rotatable bonds is 8. The number of hydrogen-bond acceptors (Lipinski definition) is 7. The molecule has 3 rings (SSSR count). The summed E-state index contributed by atoms with van der Waals surface area (Å²) >= 11 is 3.11. The fourth-order valence-corrected chi connectivity index (χ4v) is 4.44. The summed E-state index contributed by atoms with van der Waals surface area (Å²) in [6.07, 6.45) is 0.816. The molecule has 0 aliphatic carbocycles. The van der Waals surface area contributed by atoms with Gasteiger partial charge in [0.2, 0.25) is 11.7 Å². The van der Waals surface area contributed by atoms with Crippen LogP contribution in [0.25, 0.3) is 10.6 Å². The molecular weight excluding hydrogens is 396 g/mol. The van der Waals surface area contributed by atoms with E-state index in [1.165, 1.54) is 16.2 Å². The Morgan fingerprint density at radius 3 is 2.50 bits per heavy atom. The van der Waals surface area contributed by atoms with Crippen molar-refractivity contribution in [2.45, 2.75) is 19.8 Å². The van der Waals surface area contributed by atoms with Gasteiger partial charge < -0.3 is 19.5 Å². The number of nitrogens with one attached hydrogen (secondary N) is 1. The first-order chi connectivity index (χ1) is 13.5. The summed E-state index contributed by atoms with van der Waals surface area (Å²) < 4.78 is 16.1. The highest BCUT2D eigenvalue weighted by atomic mass is 32.1. The molecule has 8 heteroatoms. The Kier molecular flexibility index (Phi) is 6.53. The van der Waals surface area contributed by atoms with E-state index >= 15 is 0 Å². The number of benzene rings is 1. The van der Waals surface area contributed by atoms with Crippen LogP contribution in [0.2, 0.25) is 0 Å². The number of methoxy groups -OCH3 is 3. The van der Waals surface area contributed by atoms with Gasteiger partial charge in [0, 0.05) is 16.7 Å². The second-order valence-electron chi connectivity index (χ2n) is 5.99. The zero-order chi connectivity index (χ0) is 20.1. The van der Waals surface area contributed by atoms with Gasteiger partial charge in [0.1, 0.15) is 0 Å². The predicted octanol–water partition coefficient (Wildman–Crippen LogP) is 4.78. The number of thiazole rings is 1. The van der Waals surface area contributed by atoms with E-state index in [4.69, 9.17) is 14.2 Å². The highest BCUT2D eigenvalue weighted by Gasteiger charge is 2.17. The van der Waals surface area contributed by atoms with Gasteiger partial charge in [0.25, 0.3) is 0 Å². The SMILES string of the molecule is COc1ccc(CCC(=O)Nc2nc(-c3ccc(C)s3)cs2)c(OC)c1OC. The molecule has 1 amide bonds. The summed E-state index contributed by atoms with van der Waals surface area (Å²) in [4.78, 5) is 19.2. The molecule has 0 aliphatic rings. The van der Waals surface area contributed by atoms with Gasteiger partial charge in [-0.05, 0) is 37.1 Å². The molecule has 3 aromatic rings. The van der Waals surface area contributed by atoms with E-state index in [0.717, 1.165) is 16.1 Å². The second-order valence-corrected chi connectivity index (χ2v) is 8.14. The minimum atomic E-state index is -0.0971. The van der Waals surface area contributed by atoms with Crippen molar-refractivity contribution in [3.63, 3.8) is 0 Å². The number of aryl methyl sites for hydroxylation is 2. The van der Waals surface area contributed by atoms with E-state index in [1.54, 1.807) is 32.7 Å². The number of ether oxygens (including phenoxy) is 3. The number of carbonyl (C=O) groups excluding carboxylic acids is 1. The van der Waals surface area contributed by atoms with Gasteiger partial charge >= 0.3 is 0 Å². The van der Waals surface area contributed by atoms with E-state index < -0.39 is 0 Å². The van der Waals surface area contributed by atoms with Crippen molar-refractivity contribution in [1.82, 2.24) is 4.98 Å². The minimum Gasteiger partial charge on any atom is -0.493 e. The average Bonchev–Trinajstić information content (AvgIpc) is 3.34. The quantitative estimate of drug-likeness (QED) is 0.570. The third-order valence-electron chi connectivity index (χ3n) is 4.15. The lowest BCUT2D eigenvalue weighted by molar-refractivity contribution is -0.116. The van der Waals surface area contributed by atoms with Crippen molar-refractivity contribution < 1.29 is 19.0 Å². The Hall–Kier alpha value is -2.58. The van der Waals surface area contributed by atoms with Crippen molar-refractivity contribution in [3.05, 3.63) is 40.1 Å². The topological polar surface area (TPSA) is 69.7 Å². The van der Waals surface area contributed by atoms with Crippen molar-refractivity contribution in [2.24, 2.45) is 0 Å². The lowest BCUT2D eigenvalue weighted by Gasteiger charge is -2.15. The number of amides is 1. The van der Waals surface area contributed by atoms with Crippen molar-refractivity contribution >= 4 is 33.7 Å². The summed E-state index contributed by atoms with van der Waals surface area (Å²) in [6, 6.07) is 7.80. The van der Waals surface area contributed by atoms with Crippen LogP contribution in [0.5, 0.6) is 17.2 Å². The molecule has 28 heavy (non-hydrogen) atoms. The third kappa shape index (κ3) is 4.45. The molecule has 1 N–H and O–H groups in total. The Morgan fingerprint density at radius 2 is 1.86 bits per heavy atom. The molecule has 0 unspecified atom stereocenters. The van der Waals surface area contributed by atoms with Gasteiger partial charge in [0.15, 0.2) is 16.6 Å². The molecule has 0 saturated heterocycles. The van der Waals surface area contributed by atoms with Crippen LogP contribution in [0.3, 0.4) is 0 Å². The molecule has 148 valence electrons. The van der Waals surface area contributed by atoms with Crippen LogP contribution < -0.4 is 19.5 Å². The van der Waals surface area contributed by atoms with Crippen LogP contribution in [0.15, 0.2) is 29.6 Å². The fourth-order valence-electron chi connectivity index (χ4n) is 2.81. The molecule has 0 fully saturated rings. The number of carbonyl (C=O) groups is 1. The van der Waals surface area contributed by atoms with Crippen LogP contribution in [0.1, 0.15) is 16.9 Å². The summed E-state index contributed by atoms with van der Waals surface area (Å²) in [7, 11) is 4.71. The van der Waals surface area contributed by atoms with Crippen molar-refractivity contribution in [3.8, 4) is 27.8 Å². The normalized spacial score (nSPS) is 10.6. The molecule has 0 aliphatic heterocycles. The minimum absolute atomic E-state index is 0.0971. The first-order valence-corrected chi connectivity index (χ1v) is 10.3. The molecule has 6 nitrogen and oxygen atoms in total. The van der Waals surface area contributed by atoms with Crippen molar-refractivity contribution in [1.29, 1.82) is 0 Å². The average molecular weight is 419 g/mol. The van der Waals surface area contributed by atoms with Crippen molar-refractivity contribution in [2.75, 3.05) is 26.6 Å². The van der Waals surface area contributed by atoms with Gasteiger partial charge in [-0.15, -0.1) is 22.7 Å². The highest BCUT2D eigenvalue weighted by Crippen LogP contribution is 2.40. The smallest absolute Gasteiger partial charge is 0.226 e. The second kappa shape index (κ2) is 9.07. The molecule has 2 aromatic heterocycles. The first-order valence-electron chi connectivity index (χ1n) is 8.65. The Balaban J connectivity index is 1.64. The lowest BCUT2D eigenvalue weighted by Crippen LogP contribution is -2.12. The summed E-state index contributed by atoms with van der Waals surface area (Å²) in [5, 5.41) is 5.43. The first kappa shape index (κ1) is 20.2. The van der Waals surface area contributed by atoms with Gasteiger partial charge in [-0.1, -0.05) is 6.07 Å². The fraction of sp³-hybridized carbons (Fsp3) is 0.300. The van der Waals surface area contributed by atoms with Gasteiger partial charge in [0.05, 0.1) is 31.9 Å². The molecule has 0 saturated carbocycles. The molecule has 1 aromatic carbocycles. The standard InChI is InChI=1S/C20H22N2O4S2/c1-12-5-9-16(28-12)14-11-27-20(21-14)22-17(23)10-7-13-6-8-15(24-2)19(26-4)18(13)25-3/h5-6,8-9,11H,7,10H2,1-4H3,(H,21,22,23). The molecule has 0 spiro atoms. The van der Waals surface area contributed by atoms with E-state index in [-0.39, 0.29) is 5.91 Å². The maximum absolute atomic E-state index is 12.4. The number of aromatic nitrogens is 1. The van der Waals surface area contributed by atoms with Crippen LogP contribution in [-0.4, -0.2) is 32.2 Å². The van der Waals surface area contributed by atoms with Crippen LogP contribution in [0.4, 0.5) is 5.13 Å².